The maximum atomic E-state index is 14.8. The molecule has 0 saturated heterocycles. The number of likely N-dealkylation sites (N-methyl/N-ethyl adjacent to an activating group) is 1. The van der Waals surface area contributed by atoms with Crippen LogP contribution in [-0.2, 0) is 24.4 Å². The van der Waals surface area contributed by atoms with E-state index in [1.54, 1.807) is 42.7 Å². The Morgan fingerprint density at radius 3 is 2.38 bits per heavy atom. The van der Waals surface area contributed by atoms with Gasteiger partial charge in [0.05, 0.1) is 58.2 Å². The lowest BCUT2D eigenvalue weighted by Gasteiger charge is -2.19. The molecule has 52 heavy (non-hydrogen) atoms. The van der Waals surface area contributed by atoms with E-state index in [4.69, 9.17) is 21.3 Å². The molecule has 0 radical (unpaired) electrons. The number of carboxylic acid groups (broad SMARTS) is 2. The smallest absolute Gasteiger partial charge is 0.335 e. The minimum absolute atomic E-state index is 0.0551. The Morgan fingerprint density at radius 1 is 0.865 bits per heavy atom. The van der Waals surface area contributed by atoms with Crippen LogP contribution in [0.15, 0.2) is 85.7 Å². The Labute approximate surface area is 301 Å². The van der Waals surface area contributed by atoms with Crippen LogP contribution < -0.4 is 0 Å². The van der Waals surface area contributed by atoms with Crippen molar-refractivity contribution in [3.05, 3.63) is 119 Å². The third kappa shape index (κ3) is 8.04. The topological polar surface area (TPSA) is 148 Å². The molecule has 6 aromatic rings. The summed E-state index contributed by atoms with van der Waals surface area (Å²) in [5.41, 5.74) is 3.68. The molecule has 4 aromatic heterocycles. The number of aromatic carboxylic acids is 2. The summed E-state index contributed by atoms with van der Waals surface area (Å²) in [6.07, 6.45) is 6.37. The van der Waals surface area contributed by atoms with Crippen LogP contribution in [0.3, 0.4) is 0 Å². The molecule has 0 unspecified atom stereocenters. The highest BCUT2D eigenvalue weighted by Crippen LogP contribution is 2.35. The molecule has 2 aromatic carbocycles. The Hall–Kier alpha value is -5.83. The molecule has 0 aliphatic carbocycles. The first-order valence-electron chi connectivity index (χ1n) is 15.9. The number of benzene rings is 2. The molecule has 266 valence electrons. The van der Waals surface area contributed by atoms with Gasteiger partial charge in [0.2, 0.25) is 0 Å². The number of carbonyl (C=O) groups is 2. The summed E-state index contributed by atoms with van der Waals surface area (Å²) in [5.74, 6) is -3.44. The minimum Gasteiger partial charge on any atom is -0.478 e. The zero-order chi connectivity index (χ0) is 36.9. The van der Waals surface area contributed by atoms with Gasteiger partial charge in [-0.2, -0.15) is 0 Å². The van der Waals surface area contributed by atoms with Gasteiger partial charge in [0, 0.05) is 56.8 Å². The van der Waals surface area contributed by atoms with E-state index < -0.39 is 23.6 Å². The van der Waals surface area contributed by atoms with E-state index in [-0.39, 0.29) is 27.5 Å². The van der Waals surface area contributed by atoms with Crippen molar-refractivity contribution in [3.8, 4) is 45.3 Å². The summed E-state index contributed by atoms with van der Waals surface area (Å²) in [6, 6.07) is 14.2. The summed E-state index contributed by atoms with van der Waals surface area (Å²) in [6.45, 7) is 2.11. The van der Waals surface area contributed by atoms with Gasteiger partial charge in [0.1, 0.15) is 23.0 Å². The number of halogens is 3. The molecular formula is C37H32ClF2N7O5. The summed E-state index contributed by atoms with van der Waals surface area (Å²) < 4.78 is 38.3. The normalized spacial score (nSPS) is 11.3. The molecule has 0 bridgehead atoms. The first kappa shape index (κ1) is 36.0. The van der Waals surface area contributed by atoms with Crippen molar-refractivity contribution in [1.82, 2.24) is 34.0 Å². The second-order valence-electron chi connectivity index (χ2n) is 12.0. The number of pyridine rings is 2. The Kier molecular flexibility index (Phi) is 10.8. The first-order chi connectivity index (χ1) is 25.0. The Morgan fingerprint density at radius 2 is 1.63 bits per heavy atom. The fraction of sp³-hybridized carbons (Fsp3) is 0.189. The lowest BCUT2D eigenvalue weighted by Crippen LogP contribution is -2.23. The van der Waals surface area contributed by atoms with Gasteiger partial charge in [-0.3, -0.25) is 4.98 Å². The number of nitrogens with zero attached hydrogens (tertiary/aromatic N) is 7. The maximum absolute atomic E-state index is 14.8. The van der Waals surface area contributed by atoms with Crippen molar-refractivity contribution < 1.29 is 33.3 Å². The van der Waals surface area contributed by atoms with Crippen LogP contribution in [0.1, 0.15) is 26.3 Å². The predicted molar refractivity (Wildman–Crippen MR) is 189 cm³/mol. The van der Waals surface area contributed by atoms with Gasteiger partial charge in [-0.05, 0) is 61.1 Å². The van der Waals surface area contributed by atoms with Crippen molar-refractivity contribution in [2.24, 2.45) is 0 Å². The average molecular weight is 728 g/mol. The molecule has 12 nitrogen and oxygen atoms in total. The van der Waals surface area contributed by atoms with Crippen molar-refractivity contribution in [3.63, 3.8) is 0 Å². The molecule has 15 heteroatoms. The van der Waals surface area contributed by atoms with E-state index in [9.17, 15) is 28.6 Å². The Balaban J connectivity index is 1.30. The zero-order valence-electron chi connectivity index (χ0n) is 28.0. The van der Waals surface area contributed by atoms with Crippen LogP contribution in [0.2, 0.25) is 5.02 Å². The molecule has 0 aliphatic rings. The van der Waals surface area contributed by atoms with Gasteiger partial charge < -0.3 is 29.0 Å². The number of rotatable bonds is 14. The molecule has 0 aliphatic heterocycles. The Bertz CT molecular complexity index is 2280. The molecule has 0 atom stereocenters. The van der Waals surface area contributed by atoms with Crippen LogP contribution in [0.25, 0.3) is 45.3 Å². The summed E-state index contributed by atoms with van der Waals surface area (Å²) >= 11 is 5.97. The molecule has 6 rings (SSSR count). The molecule has 0 fully saturated rings. The highest BCUT2D eigenvalue weighted by atomic mass is 35.5. The van der Waals surface area contributed by atoms with Crippen LogP contribution in [0.4, 0.5) is 8.78 Å². The number of hydrogen-bond acceptors (Lipinski definition) is 8. The quantitative estimate of drug-likeness (QED) is 0.125. The summed E-state index contributed by atoms with van der Waals surface area (Å²) in [4.78, 5) is 43.7. The minimum atomic E-state index is -1.22. The fourth-order valence-electron chi connectivity index (χ4n) is 5.69. The number of methoxy groups -OCH3 is 1. The predicted octanol–water partition coefficient (Wildman–Crippen LogP) is 6.64. The van der Waals surface area contributed by atoms with Gasteiger partial charge in [0.25, 0.3) is 0 Å². The largest absolute Gasteiger partial charge is 0.478 e. The van der Waals surface area contributed by atoms with Crippen LogP contribution >= 0.6 is 11.6 Å². The summed E-state index contributed by atoms with van der Waals surface area (Å²) in [5, 5.41) is 19.4. The second kappa shape index (κ2) is 15.6. The van der Waals surface area contributed by atoms with Crippen molar-refractivity contribution in [2.75, 3.05) is 27.3 Å². The molecule has 2 N–H and O–H groups in total. The van der Waals surface area contributed by atoms with E-state index >= 15 is 0 Å². The third-order valence-corrected chi connectivity index (χ3v) is 8.62. The number of imidazole rings is 2. The lowest BCUT2D eigenvalue weighted by molar-refractivity contribution is 0.0686. The standard InChI is InChI=1S/C37H32ClF2N7O5/c1-45(9-10-46-19-33(42-20-46)31-14-23(36(48)49)7-8-41-31)18-24-3-5-26(39)17-27(24)30-15-25(37(50)51)16-32(44-30)34-35(47(21-43-34)11-12-52-2)22-4-6-28(38)29(40)13-22/h3-8,13-17,19-21H,9-12,18H2,1-2H3,(H,48,49)(H,50,51). The number of aromatic nitrogens is 6. The van der Waals surface area contributed by atoms with Gasteiger partial charge >= 0.3 is 11.9 Å². The average Bonchev–Trinajstić information content (AvgIpc) is 3.79. The second-order valence-corrected chi connectivity index (χ2v) is 12.4. The zero-order valence-corrected chi connectivity index (χ0v) is 28.8. The fourth-order valence-corrected chi connectivity index (χ4v) is 5.81. The summed E-state index contributed by atoms with van der Waals surface area (Å²) in [7, 11) is 3.44. The lowest BCUT2D eigenvalue weighted by atomic mass is 10.00. The van der Waals surface area contributed by atoms with Crippen molar-refractivity contribution >= 4 is 23.5 Å². The van der Waals surface area contributed by atoms with Gasteiger partial charge in [-0.15, -0.1) is 0 Å². The maximum Gasteiger partial charge on any atom is 0.335 e. The van der Waals surface area contributed by atoms with Crippen LogP contribution in [-0.4, -0.2) is 83.4 Å². The number of hydrogen-bond donors (Lipinski definition) is 2. The van der Waals surface area contributed by atoms with Crippen molar-refractivity contribution in [2.45, 2.75) is 19.6 Å². The van der Waals surface area contributed by atoms with E-state index in [1.165, 1.54) is 54.7 Å². The van der Waals surface area contributed by atoms with E-state index in [0.29, 0.717) is 72.3 Å². The van der Waals surface area contributed by atoms with Crippen LogP contribution in [0, 0.1) is 11.6 Å². The molecule has 0 amide bonds. The van der Waals surface area contributed by atoms with Crippen LogP contribution in [0.5, 0.6) is 0 Å². The van der Waals surface area contributed by atoms with Gasteiger partial charge in [-0.25, -0.2) is 33.3 Å². The molecule has 0 saturated carbocycles. The van der Waals surface area contributed by atoms with Gasteiger partial charge in [0.15, 0.2) is 0 Å². The van der Waals surface area contributed by atoms with Gasteiger partial charge in [-0.1, -0.05) is 23.7 Å². The first-order valence-corrected chi connectivity index (χ1v) is 16.3. The van der Waals surface area contributed by atoms with Crippen molar-refractivity contribution in [1.29, 1.82) is 0 Å². The van der Waals surface area contributed by atoms with E-state index in [1.807, 2.05) is 16.5 Å². The number of carboxylic acids is 2. The monoisotopic (exact) mass is 727 g/mol. The van der Waals surface area contributed by atoms with E-state index in [2.05, 4.69) is 15.0 Å². The highest BCUT2D eigenvalue weighted by molar-refractivity contribution is 6.30. The SMILES string of the molecule is COCCn1cnc(-c2cc(C(=O)O)cc(-c3cc(F)ccc3CN(C)CCn3cnc(-c4cc(C(=O)O)ccn4)c3)n2)c1-c1ccc(Cl)c(F)c1. The van der Waals surface area contributed by atoms with E-state index in [0.717, 1.165) is 0 Å². The number of ether oxygens (including phenoxy) is 1. The molecule has 4 heterocycles. The molecular weight excluding hydrogens is 696 g/mol. The third-order valence-electron chi connectivity index (χ3n) is 8.31. The molecule has 0 spiro atoms. The highest BCUT2D eigenvalue weighted by Gasteiger charge is 2.22.